The molecule has 0 aliphatic rings. The van der Waals surface area contributed by atoms with Crippen molar-refractivity contribution in [2.75, 3.05) is 26.5 Å². The summed E-state index contributed by atoms with van der Waals surface area (Å²) >= 11 is 6.04. The van der Waals surface area contributed by atoms with Gasteiger partial charge in [0.25, 0.3) is 0 Å². The lowest BCUT2D eigenvalue weighted by atomic mass is 10.1. The van der Waals surface area contributed by atoms with Crippen LogP contribution in [0.4, 0.5) is 0 Å². The number of hydrogen-bond acceptors (Lipinski definition) is 4. The van der Waals surface area contributed by atoms with Crippen LogP contribution in [0.15, 0.2) is 52.4 Å². The maximum absolute atomic E-state index is 11.7. The summed E-state index contributed by atoms with van der Waals surface area (Å²) in [6.45, 7) is 3.30. The van der Waals surface area contributed by atoms with E-state index in [9.17, 15) is 8.42 Å². The minimum atomic E-state index is -3.21. The summed E-state index contributed by atoms with van der Waals surface area (Å²) < 4.78 is 29.0. The van der Waals surface area contributed by atoms with Crippen molar-refractivity contribution in [3.05, 3.63) is 58.6 Å². The summed E-state index contributed by atoms with van der Waals surface area (Å²) in [5.74, 6) is 1.27. The number of halogens is 1. The molecular formula is C19H24ClN3O3S. The van der Waals surface area contributed by atoms with E-state index < -0.39 is 9.84 Å². The quantitative estimate of drug-likeness (QED) is 0.417. The maximum Gasteiger partial charge on any atom is 0.191 e. The highest BCUT2D eigenvalue weighted by atomic mass is 35.5. The third-order valence-electron chi connectivity index (χ3n) is 3.81. The summed E-state index contributed by atoms with van der Waals surface area (Å²) in [5, 5.41) is 6.92. The zero-order valence-corrected chi connectivity index (χ0v) is 17.2. The molecule has 0 heterocycles. The fraction of sp³-hybridized carbons (Fsp3) is 0.316. The Morgan fingerprint density at radius 1 is 1.19 bits per heavy atom. The number of aryl methyl sites for hydroxylation is 1. The second-order valence-corrected chi connectivity index (χ2v) is 8.39. The molecular weight excluding hydrogens is 386 g/mol. The van der Waals surface area contributed by atoms with E-state index in [1.165, 1.54) is 6.26 Å². The lowest BCUT2D eigenvalue weighted by Crippen LogP contribution is -2.38. The highest BCUT2D eigenvalue weighted by Gasteiger charge is 2.11. The summed E-state index contributed by atoms with van der Waals surface area (Å²) in [5.41, 5.74) is 1.70. The van der Waals surface area contributed by atoms with Crippen molar-refractivity contribution in [1.29, 1.82) is 0 Å². The number of nitrogens with one attached hydrogen (secondary N) is 2. The lowest BCUT2D eigenvalue weighted by Gasteiger charge is -2.14. The molecule has 146 valence electrons. The van der Waals surface area contributed by atoms with Crippen LogP contribution in [0.2, 0.25) is 5.02 Å². The van der Waals surface area contributed by atoms with E-state index >= 15 is 0 Å². The Balaban J connectivity index is 1.82. The maximum atomic E-state index is 11.7. The van der Waals surface area contributed by atoms with Crippen LogP contribution >= 0.6 is 11.6 Å². The molecule has 0 amide bonds. The van der Waals surface area contributed by atoms with Crippen LogP contribution in [0, 0.1) is 6.92 Å². The first-order valence-electron chi connectivity index (χ1n) is 8.42. The van der Waals surface area contributed by atoms with Gasteiger partial charge in [0.1, 0.15) is 12.4 Å². The van der Waals surface area contributed by atoms with Gasteiger partial charge in [-0.25, -0.2) is 8.42 Å². The number of ether oxygens (including phenoxy) is 1. The number of benzene rings is 2. The molecule has 0 atom stereocenters. The zero-order valence-electron chi connectivity index (χ0n) is 15.6. The molecule has 27 heavy (non-hydrogen) atoms. The van der Waals surface area contributed by atoms with Crippen molar-refractivity contribution in [1.82, 2.24) is 10.6 Å². The molecule has 6 nitrogen and oxygen atoms in total. The molecule has 0 radical (unpaired) electrons. The van der Waals surface area contributed by atoms with Crippen molar-refractivity contribution in [3.63, 3.8) is 0 Å². The molecule has 2 N–H and O–H groups in total. The molecule has 0 fully saturated rings. The molecule has 2 aromatic carbocycles. The predicted molar refractivity (Wildman–Crippen MR) is 109 cm³/mol. The monoisotopic (exact) mass is 409 g/mol. The van der Waals surface area contributed by atoms with Crippen LogP contribution < -0.4 is 15.4 Å². The Hall–Kier alpha value is -2.25. The number of rotatable bonds is 7. The highest BCUT2D eigenvalue weighted by molar-refractivity contribution is 7.90. The van der Waals surface area contributed by atoms with Gasteiger partial charge in [-0.05, 0) is 36.2 Å². The first kappa shape index (κ1) is 21.1. The minimum absolute atomic E-state index is 0.352. The van der Waals surface area contributed by atoms with E-state index in [0.717, 1.165) is 11.1 Å². The smallest absolute Gasteiger partial charge is 0.191 e. The van der Waals surface area contributed by atoms with Crippen LogP contribution in [0.25, 0.3) is 0 Å². The molecule has 0 saturated carbocycles. The molecule has 0 aliphatic heterocycles. The topological polar surface area (TPSA) is 79.8 Å². The standard InChI is InChI=1S/C19H24ClN3O3S/c1-14-12-15(8-9-18(14)27(3,24)25)13-23-19(21-2)22-10-11-26-17-7-5-4-6-16(17)20/h4-9,12H,10-11,13H2,1-3H3,(H2,21,22,23). The fourth-order valence-corrected chi connectivity index (χ4v) is 3.69. The number of hydrogen-bond donors (Lipinski definition) is 2. The Bertz CT molecular complexity index is 914. The van der Waals surface area contributed by atoms with Crippen molar-refractivity contribution in [3.8, 4) is 5.75 Å². The molecule has 0 aliphatic carbocycles. The van der Waals surface area contributed by atoms with Gasteiger partial charge in [-0.1, -0.05) is 35.9 Å². The molecule has 0 spiro atoms. The Morgan fingerprint density at radius 3 is 2.56 bits per heavy atom. The van der Waals surface area contributed by atoms with Crippen molar-refractivity contribution >= 4 is 27.4 Å². The third kappa shape index (κ3) is 6.45. The van der Waals surface area contributed by atoms with E-state index in [4.69, 9.17) is 16.3 Å². The third-order valence-corrected chi connectivity index (χ3v) is 5.38. The van der Waals surface area contributed by atoms with E-state index in [1.54, 1.807) is 32.2 Å². The van der Waals surface area contributed by atoms with Crippen molar-refractivity contribution in [2.24, 2.45) is 4.99 Å². The fourth-order valence-electron chi connectivity index (χ4n) is 2.54. The SMILES string of the molecule is CN=C(NCCOc1ccccc1Cl)NCc1ccc(S(C)(=O)=O)c(C)c1. The first-order chi connectivity index (χ1) is 12.8. The lowest BCUT2D eigenvalue weighted by molar-refractivity contribution is 0.322. The zero-order chi connectivity index (χ0) is 19.9. The van der Waals surface area contributed by atoms with Crippen LogP contribution in [0.3, 0.4) is 0 Å². The molecule has 0 saturated heterocycles. The van der Waals surface area contributed by atoms with Crippen LogP contribution in [-0.2, 0) is 16.4 Å². The van der Waals surface area contributed by atoms with Gasteiger partial charge < -0.3 is 15.4 Å². The van der Waals surface area contributed by atoms with Crippen LogP contribution in [-0.4, -0.2) is 40.8 Å². The Kier molecular flexibility index (Phi) is 7.50. The molecule has 0 aromatic heterocycles. The van der Waals surface area contributed by atoms with E-state index in [0.29, 0.717) is 41.3 Å². The van der Waals surface area contributed by atoms with Gasteiger partial charge in [0.05, 0.1) is 16.5 Å². The molecule has 2 aromatic rings. The van der Waals surface area contributed by atoms with Crippen LogP contribution in [0.1, 0.15) is 11.1 Å². The number of para-hydroxylation sites is 1. The van der Waals surface area contributed by atoms with Gasteiger partial charge in [0.15, 0.2) is 15.8 Å². The molecule has 8 heteroatoms. The summed E-state index contributed by atoms with van der Waals surface area (Å²) in [4.78, 5) is 4.51. The number of sulfone groups is 1. The number of aliphatic imine (C=N–C) groups is 1. The normalized spacial score (nSPS) is 11.9. The van der Waals surface area contributed by atoms with Crippen molar-refractivity contribution in [2.45, 2.75) is 18.4 Å². The number of nitrogens with zero attached hydrogens (tertiary/aromatic N) is 1. The summed E-state index contributed by atoms with van der Waals surface area (Å²) in [6, 6.07) is 12.6. The first-order valence-corrected chi connectivity index (χ1v) is 10.7. The highest BCUT2D eigenvalue weighted by Crippen LogP contribution is 2.22. The largest absolute Gasteiger partial charge is 0.490 e. The molecule has 0 unspecified atom stereocenters. The Morgan fingerprint density at radius 2 is 1.93 bits per heavy atom. The second-order valence-electron chi connectivity index (χ2n) is 6.00. The van der Waals surface area contributed by atoms with E-state index in [1.807, 2.05) is 24.3 Å². The van der Waals surface area contributed by atoms with Gasteiger partial charge in [0, 0.05) is 19.8 Å². The van der Waals surface area contributed by atoms with Gasteiger partial charge in [-0.3, -0.25) is 4.99 Å². The van der Waals surface area contributed by atoms with Gasteiger partial charge in [0.2, 0.25) is 0 Å². The Labute approximate surface area is 165 Å². The number of guanidine groups is 1. The average molecular weight is 410 g/mol. The molecule has 0 bridgehead atoms. The van der Waals surface area contributed by atoms with E-state index in [2.05, 4.69) is 15.6 Å². The van der Waals surface area contributed by atoms with Crippen LogP contribution in [0.5, 0.6) is 5.75 Å². The van der Waals surface area contributed by atoms with Gasteiger partial charge in [-0.15, -0.1) is 0 Å². The average Bonchev–Trinajstić information content (AvgIpc) is 2.61. The molecule has 2 rings (SSSR count). The second kappa shape index (κ2) is 9.62. The minimum Gasteiger partial charge on any atom is -0.490 e. The van der Waals surface area contributed by atoms with E-state index in [-0.39, 0.29) is 0 Å². The summed E-state index contributed by atoms with van der Waals surface area (Å²) in [7, 11) is -1.52. The van der Waals surface area contributed by atoms with Gasteiger partial charge >= 0.3 is 0 Å². The predicted octanol–water partition coefficient (Wildman–Crippen LogP) is 2.80. The van der Waals surface area contributed by atoms with Crippen molar-refractivity contribution < 1.29 is 13.2 Å². The van der Waals surface area contributed by atoms with Gasteiger partial charge in [-0.2, -0.15) is 0 Å². The summed E-state index contributed by atoms with van der Waals surface area (Å²) in [6.07, 6.45) is 1.21.